The first-order chi connectivity index (χ1) is 13.5. The number of halogens is 1. The number of carbonyl (C=O) groups is 1. The second-order valence-electron chi connectivity index (χ2n) is 6.74. The van der Waals surface area contributed by atoms with Gasteiger partial charge in [0.2, 0.25) is 10.0 Å². The molecule has 3 aromatic rings. The van der Waals surface area contributed by atoms with Crippen LogP contribution >= 0.6 is 11.6 Å². The van der Waals surface area contributed by atoms with Crippen LogP contribution in [0.5, 0.6) is 0 Å². The Balaban J connectivity index is 1.83. The van der Waals surface area contributed by atoms with Crippen molar-refractivity contribution >= 4 is 38.9 Å². The molecule has 10 heteroatoms. The van der Waals surface area contributed by atoms with Gasteiger partial charge < -0.3 is 5.32 Å². The van der Waals surface area contributed by atoms with Crippen LogP contribution in [0.3, 0.4) is 0 Å². The molecule has 0 aliphatic rings. The molecule has 0 radical (unpaired) electrons. The molecule has 0 fully saturated rings. The van der Waals surface area contributed by atoms with Crippen molar-refractivity contribution in [2.75, 3.05) is 16.3 Å². The molecule has 2 N–H and O–H groups in total. The van der Waals surface area contributed by atoms with E-state index in [-0.39, 0.29) is 16.4 Å². The Hall–Kier alpha value is -2.91. The average molecular weight is 434 g/mol. The predicted octanol–water partition coefficient (Wildman–Crippen LogP) is 3.47. The highest BCUT2D eigenvalue weighted by Gasteiger charge is 2.18. The van der Waals surface area contributed by atoms with Gasteiger partial charge in [0.25, 0.3) is 5.91 Å². The predicted molar refractivity (Wildman–Crippen MR) is 113 cm³/mol. The highest BCUT2D eigenvalue weighted by atomic mass is 35.5. The van der Waals surface area contributed by atoms with E-state index in [1.165, 1.54) is 16.9 Å². The first-order valence-corrected chi connectivity index (χ1v) is 10.9. The Morgan fingerprint density at radius 3 is 2.41 bits per heavy atom. The fourth-order valence-corrected chi connectivity index (χ4v) is 3.65. The molecule has 0 saturated carbocycles. The van der Waals surface area contributed by atoms with Crippen molar-refractivity contribution in [2.24, 2.45) is 0 Å². The highest BCUT2D eigenvalue weighted by molar-refractivity contribution is 7.92. The number of amides is 1. The van der Waals surface area contributed by atoms with Crippen LogP contribution in [-0.2, 0) is 10.0 Å². The number of nitrogens with one attached hydrogen (secondary N) is 2. The summed E-state index contributed by atoms with van der Waals surface area (Å²) in [7, 11) is -3.46. The van der Waals surface area contributed by atoms with E-state index in [1.807, 2.05) is 32.0 Å². The molecule has 1 amide bonds. The lowest BCUT2D eigenvalue weighted by Crippen LogP contribution is -2.15. The molecule has 0 aliphatic heterocycles. The van der Waals surface area contributed by atoms with Gasteiger partial charge in [-0.25, -0.2) is 8.42 Å². The van der Waals surface area contributed by atoms with Gasteiger partial charge in [0, 0.05) is 5.69 Å². The number of carbonyl (C=O) groups excluding carboxylic acids is 1. The van der Waals surface area contributed by atoms with Crippen molar-refractivity contribution in [3.63, 3.8) is 0 Å². The fourth-order valence-electron chi connectivity index (χ4n) is 2.79. The zero-order chi connectivity index (χ0) is 21.3. The van der Waals surface area contributed by atoms with Crippen molar-refractivity contribution in [3.05, 3.63) is 63.9 Å². The van der Waals surface area contributed by atoms with Crippen LogP contribution in [0, 0.1) is 20.8 Å². The molecule has 29 heavy (non-hydrogen) atoms. The fraction of sp³-hybridized carbons (Fsp3) is 0.211. The lowest BCUT2D eigenvalue weighted by atomic mass is 10.1. The molecule has 1 aromatic heterocycles. The molecule has 2 aromatic carbocycles. The summed E-state index contributed by atoms with van der Waals surface area (Å²) in [5, 5.41) is 11.5. The van der Waals surface area contributed by atoms with Crippen LogP contribution in [0.25, 0.3) is 5.69 Å². The number of hydrogen-bond acceptors (Lipinski definition) is 5. The first kappa shape index (κ1) is 20.8. The van der Waals surface area contributed by atoms with E-state index in [9.17, 15) is 13.2 Å². The van der Waals surface area contributed by atoms with E-state index in [2.05, 4.69) is 20.2 Å². The quantitative estimate of drug-likeness (QED) is 0.640. The van der Waals surface area contributed by atoms with Crippen LogP contribution in [-0.4, -0.2) is 35.6 Å². The van der Waals surface area contributed by atoms with Crippen molar-refractivity contribution in [3.8, 4) is 5.69 Å². The molecule has 0 spiro atoms. The molecule has 0 atom stereocenters. The minimum Gasteiger partial charge on any atom is -0.320 e. The maximum atomic E-state index is 12.7. The smallest absolute Gasteiger partial charge is 0.278 e. The largest absolute Gasteiger partial charge is 0.320 e. The summed E-state index contributed by atoms with van der Waals surface area (Å²) in [6.07, 6.45) is 1.03. The summed E-state index contributed by atoms with van der Waals surface area (Å²) in [6, 6.07) is 10.3. The third-order valence-corrected chi connectivity index (χ3v) is 4.99. The van der Waals surface area contributed by atoms with Crippen LogP contribution in [0.4, 0.5) is 11.4 Å². The summed E-state index contributed by atoms with van der Waals surface area (Å²) >= 11 is 6.10. The average Bonchev–Trinajstić information content (AvgIpc) is 2.98. The van der Waals surface area contributed by atoms with E-state index in [4.69, 9.17) is 11.6 Å². The van der Waals surface area contributed by atoms with Gasteiger partial charge in [-0.1, -0.05) is 29.3 Å². The molecule has 152 valence electrons. The standard InChI is InChI=1S/C19H20ClN5O3S/c1-11-5-8-17(12(2)9-11)25-22-13(3)18(23-25)19(26)21-14-6-7-16(15(20)10-14)24-29(4,27)28/h5-10,24H,1-4H3,(H,21,26). The monoisotopic (exact) mass is 433 g/mol. The number of aryl methyl sites for hydroxylation is 3. The van der Waals surface area contributed by atoms with Crippen molar-refractivity contribution in [1.29, 1.82) is 0 Å². The van der Waals surface area contributed by atoms with E-state index in [0.29, 0.717) is 11.4 Å². The van der Waals surface area contributed by atoms with Crippen LogP contribution in [0.15, 0.2) is 36.4 Å². The van der Waals surface area contributed by atoms with Gasteiger partial charge in [-0.3, -0.25) is 9.52 Å². The maximum Gasteiger partial charge on any atom is 0.278 e. The second kappa shape index (κ2) is 7.84. The summed E-state index contributed by atoms with van der Waals surface area (Å²) in [5.41, 5.74) is 4.19. The Morgan fingerprint density at radius 2 is 1.79 bits per heavy atom. The van der Waals surface area contributed by atoms with E-state index in [0.717, 1.165) is 23.1 Å². The van der Waals surface area contributed by atoms with E-state index >= 15 is 0 Å². The third kappa shape index (κ3) is 4.93. The van der Waals surface area contributed by atoms with Gasteiger partial charge in [-0.05, 0) is 50.6 Å². The van der Waals surface area contributed by atoms with Gasteiger partial charge in [-0.15, -0.1) is 5.10 Å². The van der Waals surface area contributed by atoms with Crippen molar-refractivity contribution in [2.45, 2.75) is 20.8 Å². The Bertz CT molecular complexity index is 1200. The van der Waals surface area contributed by atoms with Gasteiger partial charge in [-0.2, -0.15) is 9.90 Å². The van der Waals surface area contributed by atoms with Crippen LogP contribution < -0.4 is 10.0 Å². The first-order valence-electron chi connectivity index (χ1n) is 8.64. The SMILES string of the molecule is Cc1ccc(-n2nc(C)c(C(=O)Nc3ccc(NS(C)(=O)=O)c(Cl)c3)n2)c(C)c1. The zero-order valence-corrected chi connectivity index (χ0v) is 17.9. The Morgan fingerprint density at radius 1 is 1.07 bits per heavy atom. The van der Waals surface area contributed by atoms with E-state index in [1.54, 1.807) is 13.0 Å². The minimum atomic E-state index is -3.46. The maximum absolute atomic E-state index is 12.7. The molecule has 1 heterocycles. The molecule has 8 nitrogen and oxygen atoms in total. The molecule has 0 unspecified atom stereocenters. The lowest BCUT2D eigenvalue weighted by Gasteiger charge is -2.09. The molecule has 0 aliphatic carbocycles. The van der Waals surface area contributed by atoms with Gasteiger partial charge in [0.1, 0.15) is 0 Å². The summed E-state index contributed by atoms with van der Waals surface area (Å²) in [5.74, 6) is -0.446. The molecule has 0 saturated heterocycles. The Kier molecular flexibility index (Phi) is 5.63. The summed E-state index contributed by atoms with van der Waals surface area (Å²) < 4.78 is 25.0. The number of rotatable bonds is 5. The molecular formula is C19H20ClN5O3S. The lowest BCUT2D eigenvalue weighted by molar-refractivity contribution is 0.102. The molecule has 3 rings (SSSR count). The number of benzene rings is 2. The topological polar surface area (TPSA) is 106 Å². The van der Waals surface area contributed by atoms with Crippen LogP contribution in [0.2, 0.25) is 5.02 Å². The zero-order valence-electron chi connectivity index (χ0n) is 16.3. The van der Waals surface area contributed by atoms with Gasteiger partial charge in [0.15, 0.2) is 5.69 Å². The van der Waals surface area contributed by atoms with Crippen molar-refractivity contribution < 1.29 is 13.2 Å². The third-order valence-electron chi connectivity index (χ3n) is 4.09. The number of nitrogens with zero attached hydrogens (tertiary/aromatic N) is 3. The summed E-state index contributed by atoms with van der Waals surface area (Å²) in [4.78, 5) is 14.1. The Labute approximate surface area is 173 Å². The van der Waals surface area contributed by atoms with Crippen LogP contribution in [0.1, 0.15) is 27.3 Å². The van der Waals surface area contributed by atoms with E-state index < -0.39 is 15.9 Å². The van der Waals surface area contributed by atoms with Gasteiger partial charge >= 0.3 is 0 Å². The molecular weight excluding hydrogens is 414 g/mol. The van der Waals surface area contributed by atoms with Gasteiger partial charge in [0.05, 0.1) is 28.3 Å². The second-order valence-corrected chi connectivity index (χ2v) is 8.89. The molecule has 0 bridgehead atoms. The number of hydrogen-bond donors (Lipinski definition) is 2. The number of sulfonamides is 1. The number of aromatic nitrogens is 3. The number of anilines is 2. The highest BCUT2D eigenvalue weighted by Crippen LogP contribution is 2.26. The minimum absolute atomic E-state index is 0.156. The summed E-state index contributed by atoms with van der Waals surface area (Å²) in [6.45, 7) is 5.65. The van der Waals surface area contributed by atoms with Crippen molar-refractivity contribution in [1.82, 2.24) is 15.0 Å². The normalized spacial score (nSPS) is 11.3.